The Hall–Kier alpha value is 1.94. The quantitative estimate of drug-likeness (QED) is 0.241. The van der Waals surface area contributed by atoms with E-state index in [9.17, 15) is 0 Å². The molecule has 1 rings (SSSR count). The Morgan fingerprint density at radius 2 is 2.08 bits per heavy atom. The Morgan fingerprint density at radius 3 is 2.38 bits per heavy atom. The third kappa shape index (κ3) is 4.13. The minimum Gasteiger partial charge on any atom is -0.411 e. The van der Waals surface area contributed by atoms with Gasteiger partial charge in [-0.1, -0.05) is 39.1 Å². The average Bonchev–Trinajstić information content (AvgIpc) is 2.30. The summed E-state index contributed by atoms with van der Waals surface area (Å²) >= 11 is 26.5. The zero-order chi connectivity index (χ0) is 9.35. The normalized spacial score (nSPS) is 22.7. The molecule has 8 heteroatoms. The standard InChI is InChI=1S/C5H6Cl3NOS2.Na/c6-5(7,8)3-9(4(11)12)1-2-10-3;/h3H,1-2H2,(H,11,12);/q;+1/p-1. The van der Waals surface area contributed by atoms with E-state index in [-0.39, 0.29) is 33.9 Å². The number of hydrogen-bond donors (Lipinski definition) is 0. The van der Waals surface area contributed by atoms with Gasteiger partial charge in [0.15, 0.2) is 6.23 Å². The molecule has 0 spiro atoms. The minimum absolute atomic E-state index is 0. The minimum atomic E-state index is -1.50. The van der Waals surface area contributed by atoms with Crippen LogP contribution < -0.4 is 29.6 Å². The molecule has 0 aromatic rings. The molecular formula is C5H5Cl3NNaOS2. The van der Waals surface area contributed by atoms with Crippen molar-refractivity contribution < 1.29 is 34.3 Å². The van der Waals surface area contributed by atoms with E-state index in [2.05, 4.69) is 0 Å². The Kier molecular flexibility index (Phi) is 6.75. The Morgan fingerprint density at radius 1 is 1.54 bits per heavy atom. The van der Waals surface area contributed by atoms with Crippen LogP contribution in [-0.2, 0) is 17.4 Å². The number of rotatable bonds is 0. The van der Waals surface area contributed by atoms with E-state index in [0.717, 1.165) is 0 Å². The predicted octanol–water partition coefficient (Wildman–Crippen LogP) is -1.15. The molecule has 1 heterocycles. The van der Waals surface area contributed by atoms with Crippen LogP contribution in [0.3, 0.4) is 0 Å². The summed E-state index contributed by atoms with van der Waals surface area (Å²) < 4.78 is 3.93. The maximum absolute atomic E-state index is 5.64. The molecule has 0 aliphatic carbocycles. The maximum atomic E-state index is 5.64. The molecule has 0 radical (unpaired) electrons. The molecule has 0 amide bonds. The summed E-state index contributed by atoms with van der Waals surface area (Å²) in [7, 11) is 0. The van der Waals surface area contributed by atoms with Crippen LogP contribution in [0.15, 0.2) is 0 Å². The van der Waals surface area contributed by atoms with Crippen molar-refractivity contribution in [3.8, 4) is 0 Å². The van der Waals surface area contributed by atoms with Gasteiger partial charge in [0, 0.05) is 6.54 Å². The Bertz CT molecular complexity index is 201. The number of alkyl halides is 3. The molecule has 1 aliphatic heterocycles. The van der Waals surface area contributed by atoms with Gasteiger partial charge in [-0.25, -0.2) is 0 Å². The van der Waals surface area contributed by atoms with Crippen LogP contribution in [0.1, 0.15) is 0 Å². The fraction of sp³-hybridized carbons (Fsp3) is 0.800. The molecule has 2 nitrogen and oxygen atoms in total. The first-order chi connectivity index (χ1) is 5.43. The molecule has 13 heavy (non-hydrogen) atoms. The van der Waals surface area contributed by atoms with Crippen LogP contribution in [0.5, 0.6) is 0 Å². The molecule has 0 aromatic heterocycles. The third-order valence-electron chi connectivity index (χ3n) is 1.41. The molecule has 1 unspecified atom stereocenters. The summed E-state index contributed by atoms with van der Waals surface area (Å²) in [6.07, 6.45) is -0.646. The molecule has 1 atom stereocenters. The van der Waals surface area contributed by atoms with Gasteiger partial charge in [0.2, 0.25) is 3.79 Å². The van der Waals surface area contributed by atoms with Gasteiger partial charge in [0.05, 0.1) is 6.61 Å². The topological polar surface area (TPSA) is 12.5 Å². The molecule has 0 aromatic carbocycles. The van der Waals surface area contributed by atoms with Gasteiger partial charge in [0.25, 0.3) is 0 Å². The molecule has 1 fully saturated rings. The van der Waals surface area contributed by atoms with Gasteiger partial charge in [-0.15, -0.1) is 0 Å². The van der Waals surface area contributed by atoms with Crippen molar-refractivity contribution in [2.45, 2.75) is 10.0 Å². The van der Waals surface area contributed by atoms with Gasteiger partial charge >= 0.3 is 29.6 Å². The van der Waals surface area contributed by atoms with Crippen LogP contribution in [0, 0.1) is 0 Å². The molecule has 1 aliphatic rings. The van der Waals surface area contributed by atoms with E-state index in [4.69, 9.17) is 64.4 Å². The zero-order valence-electron chi connectivity index (χ0n) is 6.80. The van der Waals surface area contributed by atoms with Gasteiger partial charge in [0.1, 0.15) is 0 Å². The molecular weight excluding hydrogens is 284 g/mol. The SMILES string of the molecule is S=C([S-])N1CCOC1C(Cl)(Cl)Cl.[Na+]. The van der Waals surface area contributed by atoms with Crippen molar-refractivity contribution in [3.63, 3.8) is 0 Å². The molecule has 70 valence electrons. The van der Waals surface area contributed by atoms with E-state index >= 15 is 0 Å². The van der Waals surface area contributed by atoms with Crippen molar-refractivity contribution in [1.82, 2.24) is 4.90 Å². The van der Waals surface area contributed by atoms with Crippen molar-refractivity contribution >= 4 is 64.0 Å². The largest absolute Gasteiger partial charge is 1.00 e. The summed E-state index contributed by atoms with van der Waals surface area (Å²) in [4.78, 5) is 1.58. The number of halogens is 3. The van der Waals surface area contributed by atoms with Crippen molar-refractivity contribution in [2.75, 3.05) is 13.2 Å². The van der Waals surface area contributed by atoms with E-state index in [0.29, 0.717) is 13.2 Å². The van der Waals surface area contributed by atoms with Crippen molar-refractivity contribution in [3.05, 3.63) is 0 Å². The van der Waals surface area contributed by atoms with Crippen molar-refractivity contribution in [2.24, 2.45) is 0 Å². The fourth-order valence-corrected chi connectivity index (χ4v) is 1.84. The smallest absolute Gasteiger partial charge is 0.411 e. The summed E-state index contributed by atoms with van der Waals surface area (Å²) in [5, 5.41) is 0. The first kappa shape index (κ1) is 14.9. The third-order valence-corrected chi connectivity index (χ3v) is 2.43. The fourth-order valence-electron chi connectivity index (χ4n) is 0.928. The first-order valence-corrected chi connectivity index (χ1v) is 5.04. The number of hydrogen-bond acceptors (Lipinski definition) is 3. The second-order valence-electron chi connectivity index (χ2n) is 2.22. The first-order valence-electron chi connectivity index (χ1n) is 3.09. The van der Waals surface area contributed by atoms with E-state index in [1.165, 1.54) is 0 Å². The molecule has 1 saturated heterocycles. The van der Waals surface area contributed by atoms with Gasteiger partial charge in [-0.05, 0) is 0 Å². The summed E-state index contributed by atoms with van der Waals surface area (Å²) in [5.74, 6) is 0. The Balaban J connectivity index is 0.00000144. The van der Waals surface area contributed by atoms with Gasteiger partial charge < -0.3 is 34.5 Å². The second-order valence-corrected chi connectivity index (χ2v) is 5.62. The molecule has 0 saturated carbocycles. The zero-order valence-corrected chi connectivity index (χ0v) is 12.7. The van der Waals surface area contributed by atoms with Crippen LogP contribution in [-0.4, -0.2) is 32.4 Å². The number of thiocarbonyl (C=S) groups is 1. The van der Waals surface area contributed by atoms with Crippen molar-refractivity contribution in [1.29, 1.82) is 0 Å². The Labute approximate surface area is 125 Å². The monoisotopic (exact) mass is 287 g/mol. The van der Waals surface area contributed by atoms with Crippen LogP contribution >= 0.6 is 47.0 Å². The predicted molar refractivity (Wildman–Crippen MR) is 56.7 cm³/mol. The summed E-state index contributed by atoms with van der Waals surface area (Å²) in [6, 6.07) is 0. The van der Waals surface area contributed by atoms with E-state index < -0.39 is 10.0 Å². The summed E-state index contributed by atoms with van der Waals surface area (Å²) in [6.45, 7) is 1.07. The number of nitrogens with zero attached hydrogens (tertiary/aromatic N) is 1. The maximum Gasteiger partial charge on any atom is 1.00 e. The average molecular weight is 289 g/mol. The molecule has 0 bridgehead atoms. The van der Waals surface area contributed by atoms with E-state index in [1.807, 2.05) is 0 Å². The number of ether oxygens (including phenoxy) is 1. The van der Waals surface area contributed by atoms with Crippen LogP contribution in [0.4, 0.5) is 0 Å². The van der Waals surface area contributed by atoms with E-state index in [1.54, 1.807) is 4.90 Å². The second kappa shape index (κ2) is 5.87. The summed E-state index contributed by atoms with van der Waals surface area (Å²) in [5.41, 5.74) is 0. The van der Waals surface area contributed by atoms with Gasteiger partial charge in [-0.2, -0.15) is 0 Å². The van der Waals surface area contributed by atoms with Gasteiger partial charge in [-0.3, -0.25) is 0 Å². The van der Waals surface area contributed by atoms with Crippen LogP contribution in [0.25, 0.3) is 0 Å². The molecule has 0 N–H and O–H groups in total. The van der Waals surface area contributed by atoms with Crippen LogP contribution in [0.2, 0.25) is 0 Å².